The quantitative estimate of drug-likeness (QED) is 0.732. The van der Waals surface area contributed by atoms with Gasteiger partial charge < -0.3 is 14.2 Å². The molecule has 0 radical (unpaired) electrons. The van der Waals surface area contributed by atoms with Crippen LogP contribution in [0.15, 0.2) is 48.8 Å². The summed E-state index contributed by atoms with van der Waals surface area (Å²) in [6.45, 7) is 1.66. The van der Waals surface area contributed by atoms with Crippen LogP contribution in [0.4, 0.5) is 0 Å². The van der Waals surface area contributed by atoms with Gasteiger partial charge in [0, 0.05) is 31.0 Å². The standard InChI is InChI=1S/C18H17N5O2/c1-25-15-7-3-2-6-14(15)18(24)22-9-10-23-16(12-22)20-21-17(23)13-5-4-8-19-11-13/h2-8,11H,9-10,12H2,1H3. The van der Waals surface area contributed by atoms with Gasteiger partial charge in [-0.15, -0.1) is 10.2 Å². The third-order valence-electron chi connectivity index (χ3n) is 4.30. The molecular formula is C18H17N5O2. The van der Waals surface area contributed by atoms with Gasteiger partial charge in [-0.3, -0.25) is 9.78 Å². The maximum absolute atomic E-state index is 12.8. The third-order valence-corrected chi connectivity index (χ3v) is 4.30. The first-order valence-electron chi connectivity index (χ1n) is 8.02. The van der Waals surface area contributed by atoms with Crippen molar-refractivity contribution in [3.05, 3.63) is 60.2 Å². The Bertz CT molecular complexity index is 907. The highest BCUT2D eigenvalue weighted by Crippen LogP contribution is 2.24. The Labute approximate surface area is 144 Å². The van der Waals surface area contributed by atoms with Crippen LogP contribution in [0.25, 0.3) is 11.4 Å². The first-order valence-corrected chi connectivity index (χ1v) is 8.02. The van der Waals surface area contributed by atoms with Crippen molar-refractivity contribution in [1.29, 1.82) is 0 Å². The van der Waals surface area contributed by atoms with Crippen LogP contribution in [0.3, 0.4) is 0 Å². The number of carbonyl (C=O) groups excluding carboxylic acids is 1. The number of amides is 1. The number of nitrogens with zero attached hydrogens (tertiary/aromatic N) is 5. The van der Waals surface area contributed by atoms with Crippen LogP contribution < -0.4 is 4.74 Å². The smallest absolute Gasteiger partial charge is 0.258 e. The van der Waals surface area contributed by atoms with Crippen molar-refractivity contribution in [2.24, 2.45) is 0 Å². The topological polar surface area (TPSA) is 73.1 Å². The molecule has 4 rings (SSSR count). The Hall–Kier alpha value is -3.22. The lowest BCUT2D eigenvalue weighted by Crippen LogP contribution is -2.38. The molecule has 0 atom stereocenters. The van der Waals surface area contributed by atoms with Crippen molar-refractivity contribution in [3.63, 3.8) is 0 Å². The number of benzene rings is 1. The number of aromatic nitrogens is 4. The lowest BCUT2D eigenvalue weighted by atomic mass is 10.1. The van der Waals surface area contributed by atoms with Crippen LogP contribution in [0.5, 0.6) is 5.75 Å². The zero-order chi connectivity index (χ0) is 17.2. The number of methoxy groups -OCH3 is 1. The molecule has 3 aromatic rings. The molecule has 0 unspecified atom stereocenters. The molecule has 3 heterocycles. The number of fused-ring (bicyclic) bond motifs is 1. The predicted molar refractivity (Wildman–Crippen MR) is 91.0 cm³/mol. The summed E-state index contributed by atoms with van der Waals surface area (Å²) in [6, 6.07) is 11.1. The monoisotopic (exact) mass is 335 g/mol. The average molecular weight is 335 g/mol. The molecule has 1 aliphatic rings. The number of ether oxygens (including phenoxy) is 1. The number of para-hydroxylation sites is 1. The summed E-state index contributed by atoms with van der Waals surface area (Å²) in [7, 11) is 1.57. The molecule has 0 saturated carbocycles. The molecule has 0 bridgehead atoms. The normalized spacial score (nSPS) is 13.4. The molecular weight excluding hydrogens is 318 g/mol. The fourth-order valence-electron chi connectivity index (χ4n) is 3.03. The minimum Gasteiger partial charge on any atom is -0.496 e. The molecule has 0 aliphatic carbocycles. The predicted octanol–water partition coefficient (Wildman–Crippen LogP) is 2.00. The number of carbonyl (C=O) groups is 1. The van der Waals surface area contributed by atoms with E-state index in [1.165, 1.54) is 0 Å². The van der Waals surface area contributed by atoms with Gasteiger partial charge in [0.1, 0.15) is 5.75 Å². The van der Waals surface area contributed by atoms with E-state index in [1.807, 2.05) is 28.8 Å². The summed E-state index contributed by atoms with van der Waals surface area (Å²) in [6.07, 6.45) is 3.49. The first-order chi connectivity index (χ1) is 12.3. The van der Waals surface area contributed by atoms with E-state index in [9.17, 15) is 4.79 Å². The molecule has 0 N–H and O–H groups in total. The maximum atomic E-state index is 12.8. The van der Waals surface area contributed by atoms with Gasteiger partial charge in [0.15, 0.2) is 11.6 Å². The fourth-order valence-corrected chi connectivity index (χ4v) is 3.03. The molecule has 1 amide bonds. The Balaban J connectivity index is 1.60. The van der Waals surface area contributed by atoms with Crippen molar-refractivity contribution in [1.82, 2.24) is 24.6 Å². The number of hydrogen-bond donors (Lipinski definition) is 0. The second-order valence-corrected chi connectivity index (χ2v) is 5.76. The first kappa shape index (κ1) is 15.3. The van der Waals surface area contributed by atoms with E-state index in [1.54, 1.807) is 36.5 Å². The molecule has 1 aromatic carbocycles. The van der Waals surface area contributed by atoms with Crippen LogP contribution in [0.2, 0.25) is 0 Å². The van der Waals surface area contributed by atoms with E-state index < -0.39 is 0 Å². The largest absolute Gasteiger partial charge is 0.496 e. The highest BCUT2D eigenvalue weighted by atomic mass is 16.5. The summed E-state index contributed by atoms with van der Waals surface area (Å²) in [5, 5.41) is 8.54. The van der Waals surface area contributed by atoms with Gasteiger partial charge in [-0.1, -0.05) is 12.1 Å². The second kappa shape index (κ2) is 6.35. The van der Waals surface area contributed by atoms with E-state index >= 15 is 0 Å². The van der Waals surface area contributed by atoms with Crippen molar-refractivity contribution in [2.75, 3.05) is 13.7 Å². The number of rotatable bonds is 3. The Kier molecular flexibility index (Phi) is 3.89. The average Bonchev–Trinajstić information content (AvgIpc) is 3.11. The van der Waals surface area contributed by atoms with Gasteiger partial charge in [-0.2, -0.15) is 0 Å². The molecule has 0 fully saturated rings. The maximum Gasteiger partial charge on any atom is 0.258 e. The van der Waals surface area contributed by atoms with Gasteiger partial charge >= 0.3 is 0 Å². The lowest BCUT2D eigenvalue weighted by molar-refractivity contribution is 0.0704. The molecule has 126 valence electrons. The minimum atomic E-state index is -0.0605. The summed E-state index contributed by atoms with van der Waals surface area (Å²) >= 11 is 0. The molecule has 1 aliphatic heterocycles. The fraction of sp³-hybridized carbons (Fsp3) is 0.222. The van der Waals surface area contributed by atoms with E-state index in [-0.39, 0.29) is 5.91 Å². The SMILES string of the molecule is COc1ccccc1C(=O)N1CCn2c(nnc2-c2cccnc2)C1. The van der Waals surface area contributed by atoms with Crippen LogP contribution in [0, 0.1) is 0 Å². The molecule has 2 aromatic heterocycles. The zero-order valence-corrected chi connectivity index (χ0v) is 13.8. The summed E-state index contributed by atoms with van der Waals surface area (Å²) < 4.78 is 7.35. The Morgan fingerprint density at radius 2 is 2.00 bits per heavy atom. The highest BCUT2D eigenvalue weighted by Gasteiger charge is 2.27. The van der Waals surface area contributed by atoms with Gasteiger partial charge in [-0.05, 0) is 24.3 Å². The third kappa shape index (κ3) is 2.73. The molecule has 25 heavy (non-hydrogen) atoms. The van der Waals surface area contributed by atoms with Crippen molar-refractivity contribution >= 4 is 5.91 Å². The second-order valence-electron chi connectivity index (χ2n) is 5.76. The molecule has 0 spiro atoms. The van der Waals surface area contributed by atoms with Crippen LogP contribution in [0.1, 0.15) is 16.2 Å². The van der Waals surface area contributed by atoms with Crippen molar-refractivity contribution < 1.29 is 9.53 Å². The van der Waals surface area contributed by atoms with Crippen molar-refractivity contribution in [3.8, 4) is 17.1 Å². The van der Waals surface area contributed by atoms with Crippen molar-refractivity contribution in [2.45, 2.75) is 13.1 Å². The van der Waals surface area contributed by atoms with E-state index in [0.29, 0.717) is 30.9 Å². The number of pyridine rings is 1. The Morgan fingerprint density at radius 1 is 1.12 bits per heavy atom. The minimum absolute atomic E-state index is 0.0605. The van der Waals surface area contributed by atoms with E-state index in [4.69, 9.17) is 4.74 Å². The van der Waals surface area contributed by atoms with Crippen LogP contribution in [-0.2, 0) is 13.1 Å². The van der Waals surface area contributed by atoms with Crippen LogP contribution in [-0.4, -0.2) is 44.2 Å². The van der Waals surface area contributed by atoms with Crippen LogP contribution >= 0.6 is 0 Å². The zero-order valence-electron chi connectivity index (χ0n) is 13.8. The Morgan fingerprint density at radius 3 is 2.80 bits per heavy atom. The van der Waals surface area contributed by atoms with Gasteiger partial charge in [0.2, 0.25) is 0 Å². The lowest BCUT2D eigenvalue weighted by Gasteiger charge is -2.28. The number of hydrogen-bond acceptors (Lipinski definition) is 5. The van der Waals surface area contributed by atoms with E-state index in [0.717, 1.165) is 17.2 Å². The summed E-state index contributed by atoms with van der Waals surface area (Å²) in [5.41, 5.74) is 1.48. The highest BCUT2D eigenvalue weighted by molar-refractivity contribution is 5.97. The molecule has 7 heteroatoms. The molecule has 7 nitrogen and oxygen atoms in total. The van der Waals surface area contributed by atoms with Gasteiger partial charge in [0.25, 0.3) is 5.91 Å². The van der Waals surface area contributed by atoms with E-state index in [2.05, 4.69) is 15.2 Å². The van der Waals surface area contributed by atoms with Gasteiger partial charge in [-0.25, -0.2) is 0 Å². The molecule has 0 saturated heterocycles. The van der Waals surface area contributed by atoms with Gasteiger partial charge in [0.05, 0.1) is 19.2 Å². The summed E-state index contributed by atoms with van der Waals surface area (Å²) in [4.78, 5) is 18.7. The summed E-state index contributed by atoms with van der Waals surface area (Å²) in [5.74, 6) is 2.08.